The second kappa shape index (κ2) is 6.70. The molecule has 4 rings (SSSR count). The monoisotopic (exact) mass is 349 g/mol. The number of ether oxygens (including phenoxy) is 2. The lowest BCUT2D eigenvalue weighted by atomic mass is 10.00. The molecule has 1 aromatic rings. The molecule has 138 valence electrons. The fourth-order valence-electron chi connectivity index (χ4n) is 3.84. The van der Waals surface area contributed by atoms with E-state index in [2.05, 4.69) is 24.2 Å². The molecule has 3 heterocycles. The van der Waals surface area contributed by atoms with Crippen molar-refractivity contribution in [3.8, 4) is 0 Å². The summed E-state index contributed by atoms with van der Waals surface area (Å²) >= 11 is 0. The first kappa shape index (κ1) is 17.0. The van der Waals surface area contributed by atoms with Crippen LogP contribution in [0.3, 0.4) is 0 Å². The third kappa shape index (κ3) is 3.73. The van der Waals surface area contributed by atoms with E-state index >= 15 is 0 Å². The molecular formula is C18H27N3O4. The lowest BCUT2D eigenvalue weighted by molar-refractivity contribution is -0.0878. The van der Waals surface area contributed by atoms with E-state index in [1.165, 1.54) is 0 Å². The lowest BCUT2D eigenvalue weighted by Gasteiger charge is -2.32. The number of amides is 1. The smallest absolute Gasteiger partial charge is 0.276 e. The van der Waals surface area contributed by atoms with E-state index in [-0.39, 0.29) is 12.0 Å². The van der Waals surface area contributed by atoms with Gasteiger partial charge in [-0.15, -0.1) is 0 Å². The minimum absolute atomic E-state index is 0.0832. The summed E-state index contributed by atoms with van der Waals surface area (Å²) in [6, 6.07) is 1.81. The maximum atomic E-state index is 12.9. The predicted molar refractivity (Wildman–Crippen MR) is 90.6 cm³/mol. The van der Waals surface area contributed by atoms with Gasteiger partial charge < -0.3 is 23.8 Å². The topological polar surface area (TPSA) is 68.0 Å². The number of hydrogen-bond donors (Lipinski definition) is 0. The van der Waals surface area contributed by atoms with Crippen LogP contribution >= 0.6 is 0 Å². The molecule has 1 aliphatic carbocycles. The van der Waals surface area contributed by atoms with Gasteiger partial charge in [0.15, 0.2) is 5.69 Å². The second-order valence-corrected chi connectivity index (χ2v) is 7.89. The SMILES string of the molecule is CN(C)C[C@@H]1CC[C@]2(COCCN(C(=O)c3cc(C4CC4)on3)C2)O1. The van der Waals surface area contributed by atoms with E-state index in [0.29, 0.717) is 37.9 Å². The Labute approximate surface area is 148 Å². The molecule has 0 unspecified atom stereocenters. The summed E-state index contributed by atoms with van der Waals surface area (Å²) in [6.45, 7) is 3.09. The highest BCUT2D eigenvalue weighted by atomic mass is 16.6. The highest BCUT2D eigenvalue weighted by Gasteiger charge is 2.44. The van der Waals surface area contributed by atoms with Gasteiger partial charge in [0.25, 0.3) is 5.91 Å². The molecule has 2 atom stereocenters. The van der Waals surface area contributed by atoms with Gasteiger partial charge in [-0.2, -0.15) is 0 Å². The highest BCUT2D eigenvalue weighted by Crippen LogP contribution is 2.40. The first-order valence-corrected chi connectivity index (χ1v) is 9.21. The maximum Gasteiger partial charge on any atom is 0.276 e. The minimum atomic E-state index is -0.393. The number of nitrogens with zero attached hydrogens (tertiary/aromatic N) is 3. The van der Waals surface area contributed by atoms with Crippen LogP contribution in [-0.4, -0.2) is 79.5 Å². The van der Waals surface area contributed by atoms with E-state index in [1.807, 2.05) is 11.0 Å². The van der Waals surface area contributed by atoms with Crippen molar-refractivity contribution in [2.75, 3.05) is 46.9 Å². The number of likely N-dealkylation sites (N-methyl/N-ethyl adjacent to an activating group) is 1. The van der Waals surface area contributed by atoms with Crippen LogP contribution in [0, 0.1) is 0 Å². The van der Waals surface area contributed by atoms with Gasteiger partial charge >= 0.3 is 0 Å². The van der Waals surface area contributed by atoms with E-state index in [4.69, 9.17) is 14.0 Å². The van der Waals surface area contributed by atoms with Gasteiger partial charge in [-0.05, 0) is 39.8 Å². The Morgan fingerprint density at radius 3 is 3.00 bits per heavy atom. The van der Waals surface area contributed by atoms with Crippen molar-refractivity contribution < 1.29 is 18.8 Å². The predicted octanol–water partition coefficient (Wildman–Crippen LogP) is 1.50. The molecule has 1 spiro atoms. The first-order valence-electron chi connectivity index (χ1n) is 9.21. The second-order valence-electron chi connectivity index (χ2n) is 7.89. The average molecular weight is 349 g/mol. The molecule has 0 aromatic carbocycles. The molecule has 1 saturated carbocycles. The molecule has 2 aliphatic heterocycles. The molecule has 0 bridgehead atoms. The summed E-state index contributed by atoms with van der Waals surface area (Å²) < 4.78 is 17.5. The molecule has 25 heavy (non-hydrogen) atoms. The fourth-order valence-corrected chi connectivity index (χ4v) is 3.84. The van der Waals surface area contributed by atoms with Gasteiger partial charge in [0.1, 0.15) is 11.4 Å². The van der Waals surface area contributed by atoms with Gasteiger partial charge in [-0.1, -0.05) is 5.16 Å². The van der Waals surface area contributed by atoms with Crippen LogP contribution in [-0.2, 0) is 9.47 Å². The van der Waals surface area contributed by atoms with E-state index in [1.54, 1.807) is 0 Å². The van der Waals surface area contributed by atoms with Crippen LogP contribution in [0.15, 0.2) is 10.6 Å². The molecular weight excluding hydrogens is 322 g/mol. The number of carbonyl (C=O) groups is 1. The molecule has 1 aromatic heterocycles. The van der Waals surface area contributed by atoms with E-state index < -0.39 is 5.60 Å². The van der Waals surface area contributed by atoms with Crippen molar-refractivity contribution in [3.05, 3.63) is 17.5 Å². The quantitative estimate of drug-likeness (QED) is 0.821. The van der Waals surface area contributed by atoms with Crippen molar-refractivity contribution in [3.63, 3.8) is 0 Å². The zero-order chi connectivity index (χ0) is 17.4. The van der Waals surface area contributed by atoms with Crippen LogP contribution in [0.25, 0.3) is 0 Å². The van der Waals surface area contributed by atoms with Crippen molar-refractivity contribution in [1.82, 2.24) is 15.0 Å². The van der Waals surface area contributed by atoms with Crippen LogP contribution in [0.1, 0.15) is 47.8 Å². The Kier molecular flexibility index (Phi) is 4.56. The van der Waals surface area contributed by atoms with Crippen molar-refractivity contribution in [2.24, 2.45) is 0 Å². The zero-order valence-corrected chi connectivity index (χ0v) is 15.1. The molecule has 7 heteroatoms. The number of hydrogen-bond acceptors (Lipinski definition) is 6. The van der Waals surface area contributed by atoms with Crippen LogP contribution < -0.4 is 0 Å². The summed E-state index contributed by atoms with van der Waals surface area (Å²) in [6.07, 6.45) is 4.37. The standard InChI is InChI=1S/C18H27N3O4/c1-20(2)10-14-5-6-18(24-14)11-21(7-8-23-12-18)17(22)15-9-16(25-19-15)13-3-4-13/h9,13-14H,3-8,10-12H2,1-2H3/t14-,18-/m0/s1. The average Bonchev–Trinajstić information content (AvgIpc) is 3.24. The third-order valence-corrected chi connectivity index (χ3v) is 5.27. The number of carbonyl (C=O) groups excluding carboxylic acids is 1. The molecule has 0 radical (unpaired) electrons. The molecule has 0 N–H and O–H groups in total. The summed E-state index contributed by atoms with van der Waals surface area (Å²) in [7, 11) is 4.10. The molecule has 2 saturated heterocycles. The molecule has 3 fully saturated rings. The van der Waals surface area contributed by atoms with Gasteiger partial charge in [0, 0.05) is 25.1 Å². The highest BCUT2D eigenvalue weighted by molar-refractivity contribution is 5.92. The fraction of sp³-hybridized carbons (Fsp3) is 0.778. The van der Waals surface area contributed by atoms with Crippen molar-refractivity contribution in [1.29, 1.82) is 0 Å². The largest absolute Gasteiger partial charge is 0.377 e. The summed E-state index contributed by atoms with van der Waals surface area (Å²) in [5.74, 6) is 1.21. The van der Waals surface area contributed by atoms with Gasteiger partial charge in [-0.25, -0.2) is 0 Å². The molecule has 7 nitrogen and oxygen atoms in total. The van der Waals surface area contributed by atoms with Gasteiger partial charge in [0.05, 0.1) is 25.9 Å². The van der Waals surface area contributed by atoms with E-state index in [9.17, 15) is 4.79 Å². The Morgan fingerprint density at radius 1 is 1.40 bits per heavy atom. The van der Waals surface area contributed by atoms with Crippen LogP contribution in [0.4, 0.5) is 0 Å². The summed E-state index contributed by atoms with van der Waals surface area (Å²) in [5, 5.41) is 4.00. The summed E-state index contributed by atoms with van der Waals surface area (Å²) in [4.78, 5) is 16.8. The lowest BCUT2D eigenvalue weighted by Crippen LogP contribution is -2.47. The Bertz CT molecular complexity index is 628. The normalized spacial score (nSPS) is 30.2. The van der Waals surface area contributed by atoms with Crippen molar-refractivity contribution in [2.45, 2.75) is 43.3 Å². The summed E-state index contributed by atoms with van der Waals surface area (Å²) in [5.41, 5.74) is 0.0115. The Morgan fingerprint density at radius 2 is 2.24 bits per heavy atom. The number of aromatic nitrogens is 1. The van der Waals surface area contributed by atoms with E-state index in [0.717, 1.165) is 38.0 Å². The Balaban J connectivity index is 1.45. The zero-order valence-electron chi connectivity index (χ0n) is 15.1. The van der Waals surface area contributed by atoms with Gasteiger partial charge in [0.2, 0.25) is 0 Å². The third-order valence-electron chi connectivity index (χ3n) is 5.27. The molecule has 3 aliphatic rings. The van der Waals surface area contributed by atoms with Crippen LogP contribution in [0.2, 0.25) is 0 Å². The first-order chi connectivity index (χ1) is 12.0. The molecule has 1 amide bonds. The van der Waals surface area contributed by atoms with Gasteiger partial charge in [-0.3, -0.25) is 4.79 Å². The minimum Gasteiger partial charge on any atom is -0.377 e. The maximum absolute atomic E-state index is 12.9. The van der Waals surface area contributed by atoms with Crippen molar-refractivity contribution >= 4 is 5.91 Å². The Hall–Kier alpha value is -1.44. The number of rotatable bonds is 4. The van der Waals surface area contributed by atoms with Crippen LogP contribution in [0.5, 0.6) is 0 Å².